The number of benzene rings is 3. The minimum Gasteiger partial charge on any atom is -0.268 e. The van der Waals surface area contributed by atoms with Gasteiger partial charge in [0.15, 0.2) is 4.32 Å². The Labute approximate surface area is 203 Å². The first kappa shape index (κ1) is 22.5. The van der Waals surface area contributed by atoms with Gasteiger partial charge in [-0.2, -0.15) is 0 Å². The average Bonchev–Trinajstić information content (AvgIpc) is 3.04. The van der Waals surface area contributed by atoms with Gasteiger partial charge in [-0.3, -0.25) is 19.8 Å². The summed E-state index contributed by atoms with van der Waals surface area (Å²) in [6.07, 6.45) is 1.64. The van der Waals surface area contributed by atoms with Crippen LogP contribution in [-0.2, 0) is 4.79 Å². The number of thiocarbonyl (C=S) groups is 1. The number of nitro benzene ring substituents is 1. The maximum absolute atomic E-state index is 13.0. The first-order valence-electron chi connectivity index (χ1n) is 9.38. The second-order valence-electron chi connectivity index (χ2n) is 6.89. The summed E-state index contributed by atoms with van der Waals surface area (Å²) in [6, 6.07) is 19.5. The molecule has 0 atom stereocenters. The molecule has 0 unspecified atom stereocenters. The topological polar surface area (TPSA) is 63.5 Å². The van der Waals surface area contributed by atoms with Crippen LogP contribution in [0, 0.1) is 17.0 Å². The number of rotatable bonds is 5. The number of thioether (sulfide) groups is 1. The van der Waals surface area contributed by atoms with Crippen LogP contribution in [0.15, 0.2) is 81.4 Å². The first-order valence-corrected chi connectivity index (χ1v) is 11.8. The van der Waals surface area contributed by atoms with Crippen molar-refractivity contribution < 1.29 is 9.72 Å². The Morgan fingerprint density at radius 1 is 1.09 bits per heavy atom. The van der Waals surface area contributed by atoms with Gasteiger partial charge in [0.2, 0.25) is 0 Å². The number of amides is 1. The summed E-state index contributed by atoms with van der Waals surface area (Å²) in [5, 5.41) is 12.3. The van der Waals surface area contributed by atoms with Gasteiger partial charge < -0.3 is 0 Å². The Hall–Kier alpha value is -2.65. The monoisotopic (exact) mass is 498 g/mol. The summed E-state index contributed by atoms with van der Waals surface area (Å²) in [4.78, 5) is 27.5. The molecule has 4 rings (SSSR count). The van der Waals surface area contributed by atoms with Crippen LogP contribution in [0.2, 0.25) is 5.02 Å². The number of nitro groups is 1. The van der Waals surface area contributed by atoms with E-state index in [1.807, 2.05) is 31.2 Å². The Morgan fingerprint density at radius 2 is 1.78 bits per heavy atom. The van der Waals surface area contributed by atoms with Crippen molar-refractivity contribution >= 4 is 75.0 Å². The van der Waals surface area contributed by atoms with Crippen LogP contribution in [0.5, 0.6) is 0 Å². The summed E-state index contributed by atoms with van der Waals surface area (Å²) >= 11 is 13.8. The largest absolute Gasteiger partial charge is 0.283 e. The summed E-state index contributed by atoms with van der Waals surface area (Å²) in [5.41, 5.74) is 2.30. The summed E-state index contributed by atoms with van der Waals surface area (Å²) in [7, 11) is 0. The van der Waals surface area contributed by atoms with Gasteiger partial charge in [-0.25, -0.2) is 0 Å². The molecule has 0 aliphatic carbocycles. The standard InChI is InChI=1S/C23H15ClN2O3S3/c1-14-2-7-17(8-3-14)25-22(27)21(32-23(25)30)13-15-4-11-20(19(12-15)26(28)29)31-18-9-5-16(24)6-10-18/h2-13H,1H3/b21-13+. The molecule has 32 heavy (non-hydrogen) atoms. The third-order valence-electron chi connectivity index (χ3n) is 4.60. The van der Waals surface area contributed by atoms with E-state index in [0.717, 1.165) is 10.5 Å². The fraction of sp³-hybridized carbons (Fsp3) is 0.0435. The lowest BCUT2D eigenvalue weighted by Gasteiger charge is -2.14. The molecule has 160 valence electrons. The second-order valence-corrected chi connectivity index (χ2v) is 10.1. The number of carbonyl (C=O) groups is 1. The molecule has 0 N–H and O–H groups in total. The Balaban J connectivity index is 1.62. The molecule has 1 amide bonds. The number of aryl methyl sites for hydroxylation is 1. The predicted molar refractivity (Wildman–Crippen MR) is 136 cm³/mol. The van der Waals surface area contributed by atoms with Gasteiger partial charge in [-0.15, -0.1) is 0 Å². The number of hydrogen-bond acceptors (Lipinski definition) is 6. The zero-order chi connectivity index (χ0) is 22.8. The molecule has 1 aliphatic rings. The van der Waals surface area contributed by atoms with E-state index in [0.29, 0.717) is 30.4 Å². The summed E-state index contributed by atoms with van der Waals surface area (Å²) in [6.45, 7) is 1.97. The van der Waals surface area contributed by atoms with E-state index < -0.39 is 4.92 Å². The SMILES string of the molecule is Cc1ccc(N2C(=O)/C(=C\c3ccc(Sc4ccc(Cl)cc4)c([N+](=O)[O-])c3)SC2=S)cc1. The molecule has 1 heterocycles. The van der Waals surface area contributed by atoms with Gasteiger partial charge in [0.1, 0.15) is 0 Å². The number of anilines is 1. The van der Waals surface area contributed by atoms with Crippen LogP contribution in [-0.4, -0.2) is 15.2 Å². The van der Waals surface area contributed by atoms with Crippen molar-refractivity contribution in [3.8, 4) is 0 Å². The van der Waals surface area contributed by atoms with Crippen molar-refractivity contribution in [2.75, 3.05) is 4.90 Å². The minimum absolute atomic E-state index is 0.0345. The molecule has 0 spiro atoms. The molecular formula is C23H15ClN2O3S3. The fourth-order valence-electron chi connectivity index (χ4n) is 3.02. The van der Waals surface area contributed by atoms with Crippen LogP contribution >= 0.6 is 47.3 Å². The maximum Gasteiger partial charge on any atom is 0.283 e. The highest BCUT2D eigenvalue weighted by molar-refractivity contribution is 8.27. The average molecular weight is 499 g/mol. The molecule has 1 fully saturated rings. The molecule has 5 nitrogen and oxygen atoms in total. The quantitative estimate of drug-likeness (QED) is 0.161. The van der Waals surface area contributed by atoms with Gasteiger partial charge in [0.05, 0.1) is 20.4 Å². The van der Waals surface area contributed by atoms with Crippen molar-refractivity contribution in [1.29, 1.82) is 0 Å². The summed E-state index contributed by atoms with van der Waals surface area (Å²) in [5.74, 6) is -0.244. The predicted octanol–water partition coefficient (Wildman–Crippen LogP) is 7.11. The summed E-state index contributed by atoms with van der Waals surface area (Å²) < 4.78 is 0.425. The lowest BCUT2D eigenvalue weighted by molar-refractivity contribution is -0.387. The molecule has 3 aromatic carbocycles. The molecule has 1 aliphatic heterocycles. The molecule has 0 saturated carbocycles. The van der Waals surface area contributed by atoms with Crippen molar-refractivity contribution in [2.45, 2.75) is 16.7 Å². The van der Waals surface area contributed by atoms with Crippen molar-refractivity contribution in [1.82, 2.24) is 0 Å². The Bertz CT molecular complexity index is 1260. The van der Waals surface area contributed by atoms with Gasteiger partial charge >= 0.3 is 0 Å². The van der Waals surface area contributed by atoms with Crippen LogP contribution in [0.1, 0.15) is 11.1 Å². The Morgan fingerprint density at radius 3 is 2.44 bits per heavy atom. The minimum atomic E-state index is -0.424. The molecule has 1 saturated heterocycles. The smallest absolute Gasteiger partial charge is 0.268 e. The highest BCUT2D eigenvalue weighted by atomic mass is 35.5. The van der Waals surface area contributed by atoms with Crippen LogP contribution < -0.4 is 4.90 Å². The third-order valence-corrected chi connectivity index (χ3v) is 7.23. The third kappa shape index (κ3) is 4.88. The van der Waals surface area contributed by atoms with Crippen molar-refractivity contribution in [2.24, 2.45) is 0 Å². The first-order chi connectivity index (χ1) is 15.3. The molecule has 9 heteroatoms. The normalized spacial score (nSPS) is 14.9. The second kappa shape index (κ2) is 9.46. The van der Waals surface area contributed by atoms with Crippen LogP contribution in [0.25, 0.3) is 6.08 Å². The van der Waals surface area contributed by atoms with E-state index in [9.17, 15) is 14.9 Å². The number of hydrogen-bond donors (Lipinski definition) is 0. The lowest BCUT2D eigenvalue weighted by Crippen LogP contribution is -2.27. The Kier molecular flexibility index (Phi) is 6.66. The lowest BCUT2D eigenvalue weighted by atomic mass is 10.1. The fourth-order valence-corrected chi connectivity index (χ4v) is 5.34. The molecule has 0 radical (unpaired) electrons. The van der Waals surface area contributed by atoms with E-state index in [1.165, 1.54) is 34.5 Å². The molecule has 3 aromatic rings. The van der Waals surface area contributed by atoms with E-state index in [2.05, 4.69) is 0 Å². The number of nitrogens with zero attached hydrogens (tertiary/aromatic N) is 2. The van der Waals surface area contributed by atoms with E-state index in [-0.39, 0.29) is 11.6 Å². The van der Waals surface area contributed by atoms with E-state index >= 15 is 0 Å². The maximum atomic E-state index is 13.0. The van der Waals surface area contributed by atoms with Gasteiger partial charge in [0, 0.05) is 16.0 Å². The van der Waals surface area contributed by atoms with Gasteiger partial charge in [0.25, 0.3) is 11.6 Å². The number of halogens is 1. The highest BCUT2D eigenvalue weighted by Gasteiger charge is 2.33. The highest BCUT2D eigenvalue weighted by Crippen LogP contribution is 2.39. The van der Waals surface area contributed by atoms with Crippen LogP contribution in [0.4, 0.5) is 11.4 Å². The molecule has 0 aromatic heterocycles. The zero-order valence-corrected chi connectivity index (χ0v) is 19.9. The van der Waals surface area contributed by atoms with Crippen molar-refractivity contribution in [3.63, 3.8) is 0 Å². The molecule has 0 bridgehead atoms. The zero-order valence-electron chi connectivity index (χ0n) is 16.7. The van der Waals surface area contributed by atoms with E-state index in [1.54, 1.807) is 42.5 Å². The van der Waals surface area contributed by atoms with Gasteiger partial charge in [-0.1, -0.05) is 71.1 Å². The van der Waals surface area contributed by atoms with Crippen LogP contribution in [0.3, 0.4) is 0 Å². The van der Waals surface area contributed by atoms with Crippen molar-refractivity contribution in [3.05, 3.63) is 97.9 Å². The van der Waals surface area contributed by atoms with Gasteiger partial charge in [-0.05, 0) is 61.0 Å². The number of carbonyl (C=O) groups excluding carboxylic acids is 1. The van der Waals surface area contributed by atoms with E-state index in [4.69, 9.17) is 23.8 Å². The molecular weight excluding hydrogens is 484 g/mol.